The van der Waals surface area contributed by atoms with E-state index < -0.39 is 0 Å². The summed E-state index contributed by atoms with van der Waals surface area (Å²) in [5.41, 5.74) is 1.37. The fraction of sp³-hybridized carbons (Fsp3) is 0.600. The summed E-state index contributed by atoms with van der Waals surface area (Å²) in [6, 6.07) is 0. The standard InChI is InChI=1S/C10H18/c1-5-9(4)8-10(6-2)7-3/h6,8-9H,2,5,7H2,1,3-4H3. The van der Waals surface area contributed by atoms with Gasteiger partial charge in [0.25, 0.3) is 0 Å². The van der Waals surface area contributed by atoms with E-state index in [0.717, 1.165) is 6.42 Å². The molecule has 0 nitrogen and oxygen atoms in total. The van der Waals surface area contributed by atoms with Crippen LogP contribution < -0.4 is 0 Å². The van der Waals surface area contributed by atoms with Gasteiger partial charge in [0.1, 0.15) is 0 Å². The zero-order chi connectivity index (χ0) is 7.98. The zero-order valence-corrected chi connectivity index (χ0v) is 7.35. The second-order valence-corrected chi connectivity index (χ2v) is 2.68. The summed E-state index contributed by atoms with van der Waals surface area (Å²) in [6.45, 7) is 10.4. The Kier molecular flexibility index (Phi) is 5.00. The first-order valence-electron chi connectivity index (χ1n) is 4.07. The molecule has 0 heterocycles. The summed E-state index contributed by atoms with van der Waals surface area (Å²) in [4.78, 5) is 0. The van der Waals surface area contributed by atoms with E-state index >= 15 is 0 Å². The van der Waals surface area contributed by atoms with Crippen molar-refractivity contribution in [3.8, 4) is 0 Å². The Morgan fingerprint density at radius 1 is 1.50 bits per heavy atom. The van der Waals surface area contributed by atoms with Gasteiger partial charge in [0, 0.05) is 0 Å². The summed E-state index contributed by atoms with van der Waals surface area (Å²) in [6.07, 6.45) is 6.57. The second-order valence-electron chi connectivity index (χ2n) is 2.68. The molecule has 0 radical (unpaired) electrons. The maximum atomic E-state index is 3.75. The van der Waals surface area contributed by atoms with Crippen LogP contribution in [-0.4, -0.2) is 0 Å². The zero-order valence-electron chi connectivity index (χ0n) is 7.35. The van der Waals surface area contributed by atoms with Gasteiger partial charge in [0.2, 0.25) is 0 Å². The van der Waals surface area contributed by atoms with Crippen molar-refractivity contribution in [2.75, 3.05) is 0 Å². The predicted octanol–water partition coefficient (Wildman–Crippen LogP) is 3.55. The van der Waals surface area contributed by atoms with Gasteiger partial charge in [-0.1, -0.05) is 51.5 Å². The molecule has 0 amide bonds. The lowest BCUT2D eigenvalue weighted by atomic mass is 10.0. The molecule has 1 unspecified atom stereocenters. The van der Waals surface area contributed by atoms with Gasteiger partial charge in [-0.05, 0) is 12.3 Å². The smallest absolute Gasteiger partial charge is 0.0259 e. The molecular weight excluding hydrogens is 120 g/mol. The van der Waals surface area contributed by atoms with Crippen LogP contribution in [-0.2, 0) is 0 Å². The highest BCUT2D eigenvalue weighted by Gasteiger charge is 1.93. The van der Waals surface area contributed by atoms with E-state index in [1.165, 1.54) is 12.0 Å². The quantitative estimate of drug-likeness (QED) is 0.521. The number of hydrogen-bond acceptors (Lipinski definition) is 0. The van der Waals surface area contributed by atoms with E-state index in [4.69, 9.17) is 0 Å². The molecule has 0 aliphatic carbocycles. The maximum Gasteiger partial charge on any atom is -0.0259 e. The summed E-state index contributed by atoms with van der Waals surface area (Å²) in [5, 5.41) is 0. The molecule has 0 N–H and O–H groups in total. The molecule has 0 rings (SSSR count). The van der Waals surface area contributed by atoms with Crippen LogP contribution in [0.1, 0.15) is 33.6 Å². The molecule has 0 bridgehead atoms. The van der Waals surface area contributed by atoms with Crippen LogP contribution >= 0.6 is 0 Å². The van der Waals surface area contributed by atoms with Crippen molar-refractivity contribution in [3.05, 3.63) is 24.3 Å². The first-order chi connectivity index (χ1) is 4.74. The second kappa shape index (κ2) is 5.28. The van der Waals surface area contributed by atoms with Crippen molar-refractivity contribution in [2.45, 2.75) is 33.6 Å². The maximum absolute atomic E-state index is 3.75. The Morgan fingerprint density at radius 3 is 2.40 bits per heavy atom. The minimum absolute atomic E-state index is 0.702. The molecule has 10 heavy (non-hydrogen) atoms. The third kappa shape index (κ3) is 3.49. The van der Waals surface area contributed by atoms with Gasteiger partial charge in [0.05, 0.1) is 0 Å². The lowest BCUT2D eigenvalue weighted by Gasteiger charge is -2.02. The molecule has 0 heteroatoms. The monoisotopic (exact) mass is 138 g/mol. The van der Waals surface area contributed by atoms with Gasteiger partial charge in [-0.15, -0.1) is 0 Å². The van der Waals surface area contributed by atoms with Crippen LogP contribution in [0.3, 0.4) is 0 Å². The topological polar surface area (TPSA) is 0 Å². The molecule has 0 aliphatic rings. The van der Waals surface area contributed by atoms with Crippen molar-refractivity contribution in [3.63, 3.8) is 0 Å². The molecule has 58 valence electrons. The molecule has 0 fully saturated rings. The van der Waals surface area contributed by atoms with Crippen molar-refractivity contribution in [1.29, 1.82) is 0 Å². The Hall–Kier alpha value is -0.520. The van der Waals surface area contributed by atoms with Crippen LogP contribution in [0.4, 0.5) is 0 Å². The highest BCUT2D eigenvalue weighted by atomic mass is 14.0. The van der Waals surface area contributed by atoms with Crippen LogP contribution in [0.5, 0.6) is 0 Å². The first kappa shape index (κ1) is 9.48. The van der Waals surface area contributed by atoms with Crippen LogP contribution in [0.15, 0.2) is 24.3 Å². The van der Waals surface area contributed by atoms with Gasteiger partial charge >= 0.3 is 0 Å². The largest absolute Gasteiger partial charge is 0.0988 e. The number of hydrogen-bond donors (Lipinski definition) is 0. The van der Waals surface area contributed by atoms with E-state index in [1.807, 2.05) is 6.08 Å². The SMILES string of the molecule is C=CC(=CC(C)CC)CC. The normalized spacial score (nSPS) is 14.9. The van der Waals surface area contributed by atoms with Gasteiger partial charge in [0.15, 0.2) is 0 Å². The Labute approximate surface area is 64.6 Å². The minimum Gasteiger partial charge on any atom is -0.0988 e. The third-order valence-electron chi connectivity index (χ3n) is 1.81. The Morgan fingerprint density at radius 2 is 2.10 bits per heavy atom. The molecule has 0 aliphatic heterocycles. The van der Waals surface area contributed by atoms with Crippen molar-refractivity contribution in [2.24, 2.45) is 5.92 Å². The van der Waals surface area contributed by atoms with Crippen LogP contribution in [0.25, 0.3) is 0 Å². The molecular formula is C10H18. The van der Waals surface area contributed by atoms with E-state index in [-0.39, 0.29) is 0 Å². The van der Waals surface area contributed by atoms with Crippen LogP contribution in [0, 0.1) is 5.92 Å². The molecule has 0 aromatic carbocycles. The average molecular weight is 138 g/mol. The van der Waals surface area contributed by atoms with Crippen molar-refractivity contribution < 1.29 is 0 Å². The van der Waals surface area contributed by atoms with E-state index in [2.05, 4.69) is 33.4 Å². The highest BCUT2D eigenvalue weighted by Crippen LogP contribution is 2.09. The van der Waals surface area contributed by atoms with E-state index in [1.54, 1.807) is 0 Å². The predicted molar refractivity (Wildman–Crippen MR) is 48.0 cm³/mol. The summed E-state index contributed by atoms with van der Waals surface area (Å²) in [5.74, 6) is 0.702. The molecule has 0 saturated heterocycles. The molecule has 0 spiro atoms. The fourth-order valence-corrected chi connectivity index (χ4v) is 0.814. The number of allylic oxidation sites excluding steroid dienone is 3. The number of rotatable bonds is 4. The van der Waals surface area contributed by atoms with Crippen LogP contribution in [0.2, 0.25) is 0 Å². The minimum atomic E-state index is 0.702. The van der Waals surface area contributed by atoms with Gasteiger partial charge in [-0.3, -0.25) is 0 Å². The molecule has 0 aromatic rings. The summed E-state index contributed by atoms with van der Waals surface area (Å²) in [7, 11) is 0. The van der Waals surface area contributed by atoms with Gasteiger partial charge in [-0.25, -0.2) is 0 Å². The highest BCUT2D eigenvalue weighted by molar-refractivity contribution is 5.16. The lowest BCUT2D eigenvalue weighted by molar-refractivity contribution is 0.692. The third-order valence-corrected chi connectivity index (χ3v) is 1.81. The summed E-state index contributed by atoms with van der Waals surface area (Å²) >= 11 is 0. The molecule has 0 saturated carbocycles. The first-order valence-corrected chi connectivity index (χ1v) is 4.07. The summed E-state index contributed by atoms with van der Waals surface area (Å²) < 4.78 is 0. The molecule has 0 aromatic heterocycles. The van der Waals surface area contributed by atoms with Crippen molar-refractivity contribution in [1.82, 2.24) is 0 Å². The Bertz CT molecular complexity index is 120. The lowest BCUT2D eigenvalue weighted by Crippen LogP contribution is -1.87. The average Bonchev–Trinajstić information content (AvgIpc) is 1.99. The van der Waals surface area contributed by atoms with Gasteiger partial charge < -0.3 is 0 Å². The van der Waals surface area contributed by atoms with E-state index in [0.29, 0.717) is 5.92 Å². The van der Waals surface area contributed by atoms with Gasteiger partial charge in [-0.2, -0.15) is 0 Å². The van der Waals surface area contributed by atoms with Crippen molar-refractivity contribution >= 4 is 0 Å². The molecule has 1 atom stereocenters. The fourth-order valence-electron chi connectivity index (χ4n) is 0.814. The van der Waals surface area contributed by atoms with E-state index in [9.17, 15) is 0 Å². The Balaban J connectivity index is 3.95.